The number of hydrogen-bond donors (Lipinski definition) is 1. The number of amides is 1. The zero-order valence-corrected chi connectivity index (χ0v) is 14.1. The number of rotatable bonds is 5. The van der Waals surface area contributed by atoms with Crippen molar-refractivity contribution < 1.29 is 14.3 Å². The monoisotopic (exact) mass is 298 g/mol. The van der Waals surface area contributed by atoms with E-state index in [1.54, 1.807) is 6.92 Å². The van der Waals surface area contributed by atoms with Gasteiger partial charge in [-0.05, 0) is 51.2 Å². The van der Waals surface area contributed by atoms with Gasteiger partial charge in [-0.1, -0.05) is 20.8 Å². The van der Waals surface area contributed by atoms with E-state index in [1.807, 2.05) is 20.8 Å². The Morgan fingerprint density at radius 3 is 2.33 bits per heavy atom. The van der Waals surface area contributed by atoms with Gasteiger partial charge >= 0.3 is 5.97 Å². The van der Waals surface area contributed by atoms with Crippen LogP contribution in [0.2, 0.25) is 0 Å². The summed E-state index contributed by atoms with van der Waals surface area (Å²) in [7, 11) is 2.12. The van der Waals surface area contributed by atoms with E-state index in [0.29, 0.717) is 19.1 Å². The average Bonchev–Trinajstić information content (AvgIpc) is 2.37. The van der Waals surface area contributed by atoms with E-state index in [0.717, 1.165) is 25.9 Å². The number of esters is 1. The van der Waals surface area contributed by atoms with Crippen molar-refractivity contribution in [3.8, 4) is 0 Å². The van der Waals surface area contributed by atoms with Gasteiger partial charge in [0.1, 0.15) is 5.92 Å². The van der Waals surface area contributed by atoms with Crippen LogP contribution in [0.4, 0.5) is 0 Å². The number of likely N-dealkylation sites (tertiary alicyclic amines) is 1. The highest BCUT2D eigenvalue weighted by Crippen LogP contribution is 2.27. The third-order valence-electron chi connectivity index (χ3n) is 4.05. The SMILES string of the molecule is CCOC(=O)C(C(=O)NCC1CCN(C)CC1)C(C)(C)C. The maximum atomic E-state index is 12.4. The number of nitrogens with one attached hydrogen (secondary N) is 1. The van der Waals surface area contributed by atoms with Gasteiger partial charge in [0.15, 0.2) is 0 Å². The molecule has 1 aliphatic rings. The fourth-order valence-corrected chi connectivity index (χ4v) is 2.69. The summed E-state index contributed by atoms with van der Waals surface area (Å²) < 4.78 is 5.05. The number of hydrogen-bond acceptors (Lipinski definition) is 4. The van der Waals surface area contributed by atoms with Crippen molar-refractivity contribution in [3.63, 3.8) is 0 Å². The molecule has 0 bridgehead atoms. The van der Waals surface area contributed by atoms with Crippen LogP contribution in [0.15, 0.2) is 0 Å². The van der Waals surface area contributed by atoms with E-state index in [4.69, 9.17) is 4.74 Å². The summed E-state index contributed by atoms with van der Waals surface area (Å²) in [6.45, 7) is 10.5. The first-order valence-electron chi connectivity index (χ1n) is 7.88. The summed E-state index contributed by atoms with van der Waals surface area (Å²) in [5, 5.41) is 2.95. The van der Waals surface area contributed by atoms with Crippen LogP contribution in [0.25, 0.3) is 0 Å². The maximum absolute atomic E-state index is 12.4. The number of carbonyl (C=O) groups is 2. The van der Waals surface area contributed by atoms with Crippen molar-refractivity contribution in [2.45, 2.75) is 40.5 Å². The quantitative estimate of drug-likeness (QED) is 0.619. The Morgan fingerprint density at radius 1 is 1.29 bits per heavy atom. The fourth-order valence-electron chi connectivity index (χ4n) is 2.69. The van der Waals surface area contributed by atoms with Crippen LogP contribution in [0.1, 0.15) is 40.5 Å². The van der Waals surface area contributed by atoms with Crippen molar-refractivity contribution in [1.82, 2.24) is 10.2 Å². The van der Waals surface area contributed by atoms with Crippen molar-refractivity contribution >= 4 is 11.9 Å². The minimum atomic E-state index is -0.747. The van der Waals surface area contributed by atoms with Gasteiger partial charge in [-0.25, -0.2) is 0 Å². The number of piperidine rings is 1. The van der Waals surface area contributed by atoms with Crippen molar-refractivity contribution in [2.24, 2.45) is 17.3 Å². The molecule has 0 spiro atoms. The molecule has 5 nitrogen and oxygen atoms in total. The Balaban J connectivity index is 2.55. The zero-order chi connectivity index (χ0) is 16.0. The highest BCUT2D eigenvalue weighted by atomic mass is 16.5. The second-order valence-corrected chi connectivity index (χ2v) is 7.04. The molecule has 1 rings (SSSR count). The smallest absolute Gasteiger partial charge is 0.319 e. The Hall–Kier alpha value is -1.10. The normalized spacial score (nSPS) is 19.1. The van der Waals surface area contributed by atoms with Gasteiger partial charge in [-0.3, -0.25) is 9.59 Å². The molecule has 1 amide bonds. The lowest BCUT2D eigenvalue weighted by Crippen LogP contribution is -2.45. The third-order valence-corrected chi connectivity index (χ3v) is 4.05. The molecule has 0 aromatic rings. The van der Waals surface area contributed by atoms with Crippen LogP contribution < -0.4 is 5.32 Å². The van der Waals surface area contributed by atoms with Crippen LogP contribution in [-0.2, 0) is 14.3 Å². The predicted octanol–water partition coefficient (Wildman–Crippen LogP) is 1.67. The molecule has 1 N–H and O–H groups in total. The molecule has 0 radical (unpaired) electrons. The fraction of sp³-hybridized carbons (Fsp3) is 0.875. The van der Waals surface area contributed by atoms with Gasteiger partial charge in [0.05, 0.1) is 6.61 Å². The molecule has 1 atom stereocenters. The lowest BCUT2D eigenvalue weighted by Gasteiger charge is -2.31. The predicted molar refractivity (Wildman–Crippen MR) is 82.8 cm³/mol. The van der Waals surface area contributed by atoms with Gasteiger partial charge < -0.3 is 15.0 Å². The van der Waals surface area contributed by atoms with Crippen LogP contribution in [-0.4, -0.2) is 50.1 Å². The summed E-state index contributed by atoms with van der Waals surface area (Å²) in [5.74, 6) is -0.873. The summed E-state index contributed by atoms with van der Waals surface area (Å²) in [6, 6.07) is 0. The Bertz CT molecular complexity index is 355. The first-order chi connectivity index (χ1) is 9.75. The molecule has 0 saturated carbocycles. The number of nitrogens with zero attached hydrogens (tertiary/aromatic N) is 1. The first-order valence-corrected chi connectivity index (χ1v) is 7.88. The van der Waals surface area contributed by atoms with Crippen molar-refractivity contribution in [3.05, 3.63) is 0 Å². The lowest BCUT2D eigenvalue weighted by atomic mass is 9.80. The van der Waals surface area contributed by atoms with E-state index >= 15 is 0 Å². The summed E-state index contributed by atoms with van der Waals surface area (Å²) in [6.07, 6.45) is 2.19. The topological polar surface area (TPSA) is 58.6 Å². The van der Waals surface area contributed by atoms with Crippen LogP contribution in [0.3, 0.4) is 0 Å². The standard InChI is InChI=1S/C16H30N2O3/c1-6-21-15(20)13(16(2,3)4)14(19)17-11-12-7-9-18(5)10-8-12/h12-13H,6-11H2,1-5H3,(H,17,19). The highest BCUT2D eigenvalue weighted by molar-refractivity contribution is 5.98. The second-order valence-electron chi connectivity index (χ2n) is 7.04. The van der Waals surface area contributed by atoms with E-state index in [2.05, 4.69) is 17.3 Å². The third kappa shape index (κ3) is 5.65. The summed E-state index contributed by atoms with van der Waals surface area (Å²) >= 11 is 0. The van der Waals surface area contributed by atoms with E-state index in [-0.39, 0.29) is 5.91 Å². The maximum Gasteiger partial charge on any atom is 0.319 e. The van der Waals surface area contributed by atoms with Crippen molar-refractivity contribution in [2.75, 3.05) is 33.3 Å². The number of carbonyl (C=O) groups excluding carboxylic acids is 2. The molecule has 0 aliphatic carbocycles. The molecule has 5 heteroatoms. The van der Waals surface area contributed by atoms with Gasteiger partial charge in [0.25, 0.3) is 0 Å². The van der Waals surface area contributed by atoms with Gasteiger partial charge in [0, 0.05) is 6.54 Å². The molecule has 0 aromatic heterocycles. The minimum absolute atomic E-state index is 0.208. The molecule has 1 unspecified atom stereocenters. The Labute approximate surface area is 128 Å². The average molecular weight is 298 g/mol. The van der Waals surface area contributed by atoms with Crippen LogP contribution in [0.5, 0.6) is 0 Å². The summed E-state index contributed by atoms with van der Waals surface area (Å²) in [4.78, 5) is 26.7. The van der Waals surface area contributed by atoms with Gasteiger partial charge in [-0.15, -0.1) is 0 Å². The largest absolute Gasteiger partial charge is 0.465 e. The van der Waals surface area contributed by atoms with E-state index in [1.165, 1.54) is 0 Å². The molecule has 1 heterocycles. The van der Waals surface area contributed by atoms with Gasteiger partial charge in [0.2, 0.25) is 5.91 Å². The second kappa shape index (κ2) is 7.78. The van der Waals surface area contributed by atoms with Gasteiger partial charge in [-0.2, -0.15) is 0 Å². The Morgan fingerprint density at radius 2 is 1.86 bits per heavy atom. The molecular weight excluding hydrogens is 268 g/mol. The minimum Gasteiger partial charge on any atom is -0.465 e. The molecule has 0 aromatic carbocycles. The summed E-state index contributed by atoms with van der Waals surface area (Å²) in [5.41, 5.74) is -0.441. The first kappa shape index (κ1) is 18.0. The number of ether oxygens (including phenoxy) is 1. The molecule has 1 fully saturated rings. The molecule has 1 aliphatic heterocycles. The molecule has 1 saturated heterocycles. The lowest BCUT2D eigenvalue weighted by molar-refractivity contribution is -0.156. The zero-order valence-electron chi connectivity index (χ0n) is 14.1. The van der Waals surface area contributed by atoms with E-state index in [9.17, 15) is 9.59 Å². The molecular formula is C16H30N2O3. The van der Waals surface area contributed by atoms with Crippen LogP contribution >= 0.6 is 0 Å². The highest BCUT2D eigenvalue weighted by Gasteiger charge is 2.39. The van der Waals surface area contributed by atoms with Crippen LogP contribution in [0, 0.1) is 17.3 Å². The van der Waals surface area contributed by atoms with Crippen molar-refractivity contribution in [1.29, 1.82) is 0 Å². The molecule has 122 valence electrons. The molecule has 21 heavy (non-hydrogen) atoms. The Kier molecular flexibility index (Phi) is 6.65. The van der Waals surface area contributed by atoms with E-state index < -0.39 is 17.3 Å².